The highest BCUT2D eigenvalue weighted by Gasteiger charge is 2.09. The highest BCUT2D eigenvalue weighted by molar-refractivity contribution is 6.02. The molecule has 1 aromatic heterocycles. The molecule has 106 valence electrons. The summed E-state index contributed by atoms with van der Waals surface area (Å²) >= 11 is 0. The average Bonchev–Trinajstić information content (AvgIpc) is 2.42. The molecule has 0 saturated carbocycles. The van der Waals surface area contributed by atoms with E-state index in [9.17, 15) is 4.79 Å². The van der Waals surface area contributed by atoms with Crippen molar-refractivity contribution in [2.45, 2.75) is 6.42 Å². The van der Waals surface area contributed by atoms with Crippen molar-refractivity contribution < 1.29 is 14.6 Å². The maximum atomic E-state index is 11.1. The molecule has 0 saturated heterocycles. The Hall–Kier alpha value is -2.14. The van der Waals surface area contributed by atoms with E-state index < -0.39 is 5.97 Å². The van der Waals surface area contributed by atoms with Gasteiger partial charge in [0.25, 0.3) is 0 Å². The number of aromatic carboxylic acids is 1. The molecule has 1 heterocycles. The minimum atomic E-state index is -0.947. The fourth-order valence-electron chi connectivity index (χ4n) is 1.96. The van der Waals surface area contributed by atoms with Crippen molar-refractivity contribution in [1.82, 2.24) is 9.88 Å². The van der Waals surface area contributed by atoms with Crippen LogP contribution < -0.4 is 4.74 Å². The van der Waals surface area contributed by atoms with Crippen molar-refractivity contribution in [1.29, 1.82) is 0 Å². The van der Waals surface area contributed by atoms with Gasteiger partial charge in [0.1, 0.15) is 0 Å². The second-order valence-electron chi connectivity index (χ2n) is 4.83. The molecule has 5 heteroatoms. The lowest BCUT2D eigenvalue weighted by Crippen LogP contribution is -2.15. The van der Waals surface area contributed by atoms with Gasteiger partial charge in [0.05, 0.1) is 17.7 Å². The van der Waals surface area contributed by atoms with Gasteiger partial charge in [-0.3, -0.25) is 0 Å². The van der Waals surface area contributed by atoms with Gasteiger partial charge in [-0.2, -0.15) is 0 Å². The lowest BCUT2D eigenvalue weighted by molar-refractivity contribution is 0.0699. The van der Waals surface area contributed by atoms with Gasteiger partial charge in [-0.1, -0.05) is 6.07 Å². The Morgan fingerprint density at radius 3 is 2.80 bits per heavy atom. The Kier molecular flexibility index (Phi) is 4.53. The Morgan fingerprint density at radius 2 is 2.10 bits per heavy atom. The summed E-state index contributed by atoms with van der Waals surface area (Å²) in [6.07, 6.45) is 0.919. The summed E-state index contributed by atoms with van der Waals surface area (Å²) in [6, 6.07) is 8.50. The van der Waals surface area contributed by atoms with E-state index >= 15 is 0 Å². The molecule has 0 spiro atoms. The summed E-state index contributed by atoms with van der Waals surface area (Å²) in [5, 5.41) is 9.74. The first-order valence-corrected chi connectivity index (χ1v) is 6.48. The standard InChI is InChI=1S/C15H18N2O3/c1-17(2)9-4-10-20-14-8-7-11-12(15(18)19)5-3-6-13(11)16-14/h3,5-8H,4,9-10H2,1-2H3,(H,18,19). The number of hydrogen-bond acceptors (Lipinski definition) is 4. The van der Waals surface area contributed by atoms with E-state index in [2.05, 4.69) is 9.88 Å². The number of ether oxygens (including phenoxy) is 1. The topological polar surface area (TPSA) is 62.7 Å². The van der Waals surface area contributed by atoms with Gasteiger partial charge in [0.2, 0.25) is 5.88 Å². The molecule has 0 fully saturated rings. The number of aromatic nitrogens is 1. The monoisotopic (exact) mass is 274 g/mol. The van der Waals surface area contributed by atoms with Gasteiger partial charge < -0.3 is 14.7 Å². The third kappa shape index (κ3) is 3.45. The summed E-state index contributed by atoms with van der Waals surface area (Å²) < 4.78 is 5.58. The lowest BCUT2D eigenvalue weighted by Gasteiger charge is -2.10. The molecule has 0 radical (unpaired) electrons. The maximum Gasteiger partial charge on any atom is 0.336 e. The predicted molar refractivity (Wildman–Crippen MR) is 77.4 cm³/mol. The van der Waals surface area contributed by atoms with Crippen LogP contribution in [0.5, 0.6) is 5.88 Å². The number of fused-ring (bicyclic) bond motifs is 1. The number of carboxylic acid groups (broad SMARTS) is 1. The molecule has 1 aromatic carbocycles. The Bertz CT molecular complexity index is 611. The fraction of sp³-hybridized carbons (Fsp3) is 0.333. The van der Waals surface area contributed by atoms with Crippen LogP contribution in [0.15, 0.2) is 30.3 Å². The van der Waals surface area contributed by atoms with E-state index in [4.69, 9.17) is 9.84 Å². The zero-order chi connectivity index (χ0) is 14.5. The number of carbonyl (C=O) groups is 1. The second kappa shape index (κ2) is 6.34. The van der Waals surface area contributed by atoms with Crippen LogP contribution in [0.1, 0.15) is 16.8 Å². The van der Waals surface area contributed by atoms with E-state index in [0.717, 1.165) is 13.0 Å². The molecule has 2 rings (SSSR count). The first-order chi connectivity index (χ1) is 9.58. The molecule has 0 atom stereocenters. The third-order valence-electron chi connectivity index (χ3n) is 2.94. The molecule has 5 nitrogen and oxygen atoms in total. The molecule has 0 bridgehead atoms. The van der Waals surface area contributed by atoms with E-state index in [0.29, 0.717) is 23.4 Å². The Morgan fingerprint density at radius 1 is 1.30 bits per heavy atom. The maximum absolute atomic E-state index is 11.1. The largest absolute Gasteiger partial charge is 0.478 e. The van der Waals surface area contributed by atoms with Gasteiger partial charge in [0.15, 0.2) is 0 Å². The van der Waals surface area contributed by atoms with Crippen LogP contribution >= 0.6 is 0 Å². The predicted octanol–water partition coefficient (Wildman–Crippen LogP) is 2.26. The van der Waals surface area contributed by atoms with Crippen LogP contribution in [-0.2, 0) is 0 Å². The van der Waals surface area contributed by atoms with Crippen LogP contribution in [0.2, 0.25) is 0 Å². The van der Waals surface area contributed by atoms with Crippen LogP contribution in [0.25, 0.3) is 10.9 Å². The molecule has 0 aliphatic carbocycles. The van der Waals surface area contributed by atoms with Gasteiger partial charge in [-0.05, 0) is 38.7 Å². The van der Waals surface area contributed by atoms with Gasteiger partial charge in [-0.25, -0.2) is 9.78 Å². The van der Waals surface area contributed by atoms with Crippen molar-refractivity contribution in [2.75, 3.05) is 27.2 Å². The zero-order valence-electron chi connectivity index (χ0n) is 11.7. The molecule has 1 N–H and O–H groups in total. The van der Waals surface area contributed by atoms with Crippen LogP contribution in [0, 0.1) is 0 Å². The molecule has 0 amide bonds. The van der Waals surface area contributed by atoms with E-state index in [-0.39, 0.29) is 5.56 Å². The first-order valence-electron chi connectivity index (χ1n) is 6.48. The van der Waals surface area contributed by atoms with Crippen molar-refractivity contribution in [2.24, 2.45) is 0 Å². The van der Waals surface area contributed by atoms with Gasteiger partial charge in [0, 0.05) is 18.0 Å². The van der Waals surface area contributed by atoms with Crippen LogP contribution in [0.4, 0.5) is 0 Å². The number of pyridine rings is 1. The summed E-state index contributed by atoms with van der Waals surface area (Å²) in [4.78, 5) is 17.5. The third-order valence-corrected chi connectivity index (χ3v) is 2.94. The van der Waals surface area contributed by atoms with Crippen molar-refractivity contribution in [3.05, 3.63) is 35.9 Å². The van der Waals surface area contributed by atoms with Gasteiger partial charge >= 0.3 is 5.97 Å². The van der Waals surface area contributed by atoms with Gasteiger partial charge in [-0.15, -0.1) is 0 Å². The average molecular weight is 274 g/mol. The van der Waals surface area contributed by atoms with Crippen molar-refractivity contribution in [3.63, 3.8) is 0 Å². The number of nitrogens with zero attached hydrogens (tertiary/aromatic N) is 2. The van der Waals surface area contributed by atoms with Crippen LogP contribution in [0.3, 0.4) is 0 Å². The molecular weight excluding hydrogens is 256 g/mol. The quantitative estimate of drug-likeness (QED) is 0.819. The minimum absolute atomic E-state index is 0.258. The highest BCUT2D eigenvalue weighted by atomic mass is 16.5. The summed E-state index contributed by atoms with van der Waals surface area (Å²) in [5.41, 5.74) is 0.893. The van der Waals surface area contributed by atoms with E-state index in [1.807, 2.05) is 14.1 Å². The Labute approximate surface area is 117 Å². The van der Waals surface area contributed by atoms with Crippen molar-refractivity contribution in [3.8, 4) is 5.88 Å². The highest BCUT2D eigenvalue weighted by Crippen LogP contribution is 2.20. The molecule has 2 aromatic rings. The summed E-state index contributed by atoms with van der Waals surface area (Å²) in [6.45, 7) is 1.55. The Balaban J connectivity index is 2.12. The molecular formula is C15H18N2O3. The lowest BCUT2D eigenvalue weighted by atomic mass is 10.1. The minimum Gasteiger partial charge on any atom is -0.478 e. The smallest absolute Gasteiger partial charge is 0.336 e. The normalized spacial score (nSPS) is 10.9. The molecule has 0 aliphatic heterocycles. The van der Waals surface area contributed by atoms with Crippen molar-refractivity contribution >= 4 is 16.9 Å². The first kappa shape index (κ1) is 14.3. The number of hydrogen-bond donors (Lipinski definition) is 1. The summed E-state index contributed by atoms with van der Waals surface area (Å²) in [5.74, 6) is -0.421. The fourth-order valence-corrected chi connectivity index (χ4v) is 1.96. The number of rotatable bonds is 6. The molecule has 0 aliphatic rings. The second-order valence-corrected chi connectivity index (χ2v) is 4.83. The van der Waals surface area contributed by atoms with E-state index in [1.54, 1.807) is 30.3 Å². The van der Waals surface area contributed by atoms with E-state index in [1.165, 1.54) is 0 Å². The SMILES string of the molecule is CN(C)CCCOc1ccc2c(C(=O)O)cccc2n1. The van der Waals surface area contributed by atoms with Crippen LogP contribution in [-0.4, -0.2) is 48.2 Å². The zero-order valence-corrected chi connectivity index (χ0v) is 11.7. The number of benzene rings is 1. The molecule has 20 heavy (non-hydrogen) atoms. The molecule has 0 unspecified atom stereocenters. The summed E-state index contributed by atoms with van der Waals surface area (Å²) in [7, 11) is 4.03. The number of carboxylic acids is 1.